The van der Waals surface area contributed by atoms with Gasteiger partial charge in [0, 0.05) is 19.1 Å². The van der Waals surface area contributed by atoms with E-state index in [1.165, 1.54) is 21.3 Å². The Hall–Kier alpha value is -1.18. The summed E-state index contributed by atoms with van der Waals surface area (Å²) in [5.74, 6) is -2.57. The molecule has 3 atom stereocenters. The lowest BCUT2D eigenvalue weighted by molar-refractivity contribution is -0.181. The lowest BCUT2D eigenvalue weighted by atomic mass is 9.59. The van der Waals surface area contributed by atoms with Crippen molar-refractivity contribution in [2.75, 3.05) is 34.7 Å². The smallest absolute Gasteiger partial charge is 0.320 e. The van der Waals surface area contributed by atoms with Gasteiger partial charge < -0.3 is 24.1 Å². The normalized spacial score (nSPS) is 27.7. The second-order valence-electron chi connectivity index (χ2n) is 6.10. The van der Waals surface area contributed by atoms with Gasteiger partial charge in [0.2, 0.25) is 0 Å². The Labute approximate surface area is 137 Å². The molecule has 0 heterocycles. The highest BCUT2D eigenvalue weighted by Crippen LogP contribution is 2.49. The van der Waals surface area contributed by atoms with E-state index >= 15 is 0 Å². The van der Waals surface area contributed by atoms with Crippen LogP contribution in [-0.4, -0.2) is 57.9 Å². The number of rotatable bonds is 8. The van der Waals surface area contributed by atoms with Crippen LogP contribution in [0.15, 0.2) is 0 Å². The van der Waals surface area contributed by atoms with Crippen molar-refractivity contribution in [3.8, 4) is 0 Å². The molecule has 0 aromatic heterocycles. The fraction of sp³-hybridized carbons (Fsp3) is 0.875. The van der Waals surface area contributed by atoms with Crippen molar-refractivity contribution in [2.45, 2.75) is 38.7 Å². The standard InChI is InChI=1S/C16H28O7/c1-16(8-9-17)11(6-5-7-12(16)23-10-20-2)13(14(18)21-3)15(19)22-4/h11-13,17H,5-10H2,1-4H3/t11-,12-,16-/m1/s1. The van der Waals surface area contributed by atoms with Gasteiger partial charge >= 0.3 is 11.9 Å². The van der Waals surface area contributed by atoms with E-state index in [2.05, 4.69) is 0 Å². The predicted molar refractivity (Wildman–Crippen MR) is 81.4 cm³/mol. The van der Waals surface area contributed by atoms with Gasteiger partial charge in [-0.1, -0.05) is 13.3 Å². The summed E-state index contributed by atoms with van der Waals surface area (Å²) in [6, 6.07) is 0. The Kier molecular flexibility index (Phi) is 7.94. The Balaban J connectivity index is 3.15. The van der Waals surface area contributed by atoms with Crippen LogP contribution in [0.1, 0.15) is 32.6 Å². The van der Waals surface area contributed by atoms with Gasteiger partial charge in [-0.25, -0.2) is 0 Å². The number of ether oxygens (including phenoxy) is 4. The van der Waals surface area contributed by atoms with Crippen LogP contribution in [0, 0.1) is 17.3 Å². The van der Waals surface area contributed by atoms with Gasteiger partial charge in [0.1, 0.15) is 6.79 Å². The average molecular weight is 332 g/mol. The van der Waals surface area contributed by atoms with E-state index in [0.717, 1.165) is 12.8 Å². The minimum absolute atomic E-state index is 0.0606. The van der Waals surface area contributed by atoms with Crippen LogP contribution in [-0.2, 0) is 28.5 Å². The monoisotopic (exact) mass is 332 g/mol. The highest BCUT2D eigenvalue weighted by atomic mass is 16.7. The van der Waals surface area contributed by atoms with E-state index in [0.29, 0.717) is 12.8 Å². The molecule has 0 saturated heterocycles. The molecular weight excluding hydrogens is 304 g/mol. The van der Waals surface area contributed by atoms with Crippen molar-refractivity contribution in [2.24, 2.45) is 17.3 Å². The number of esters is 2. The maximum absolute atomic E-state index is 12.2. The first-order valence-electron chi connectivity index (χ1n) is 7.83. The van der Waals surface area contributed by atoms with E-state index in [4.69, 9.17) is 18.9 Å². The first kappa shape index (κ1) is 19.9. The van der Waals surface area contributed by atoms with Crippen LogP contribution in [0.3, 0.4) is 0 Å². The zero-order valence-electron chi connectivity index (χ0n) is 14.4. The number of methoxy groups -OCH3 is 3. The fourth-order valence-corrected chi connectivity index (χ4v) is 3.66. The number of aliphatic hydroxyl groups excluding tert-OH is 1. The van der Waals surface area contributed by atoms with Crippen LogP contribution in [0.2, 0.25) is 0 Å². The maximum Gasteiger partial charge on any atom is 0.320 e. The molecule has 0 aliphatic heterocycles. The maximum atomic E-state index is 12.2. The third-order valence-electron chi connectivity index (χ3n) is 4.91. The number of aliphatic hydroxyl groups is 1. The highest BCUT2D eigenvalue weighted by Gasteiger charge is 2.52. The van der Waals surface area contributed by atoms with Gasteiger partial charge in [0.05, 0.1) is 20.3 Å². The molecule has 0 spiro atoms. The predicted octanol–water partition coefficient (Wildman–Crippen LogP) is 1.13. The molecule has 23 heavy (non-hydrogen) atoms. The summed E-state index contributed by atoms with van der Waals surface area (Å²) in [4.78, 5) is 24.3. The average Bonchev–Trinajstić information content (AvgIpc) is 2.55. The highest BCUT2D eigenvalue weighted by molar-refractivity contribution is 5.95. The summed E-state index contributed by atoms with van der Waals surface area (Å²) in [7, 11) is 4.04. The first-order chi connectivity index (χ1) is 11.0. The third-order valence-corrected chi connectivity index (χ3v) is 4.91. The lowest BCUT2D eigenvalue weighted by Crippen LogP contribution is -2.51. The molecule has 1 aliphatic carbocycles. The largest absolute Gasteiger partial charge is 0.468 e. The Morgan fingerprint density at radius 2 is 1.78 bits per heavy atom. The van der Waals surface area contributed by atoms with Crippen LogP contribution < -0.4 is 0 Å². The van der Waals surface area contributed by atoms with E-state index in [1.54, 1.807) is 0 Å². The molecule has 7 heteroatoms. The molecule has 134 valence electrons. The Morgan fingerprint density at radius 1 is 1.17 bits per heavy atom. The fourth-order valence-electron chi connectivity index (χ4n) is 3.66. The third kappa shape index (κ3) is 4.43. The molecule has 1 saturated carbocycles. The number of hydrogen-bond donors (Lipinski definition) is 1. The molecule has 7 nitrogen and oxygen atoms in total. The van der Waals surface area contributed by atoms with Crippen molar-refractivity contribution in [1.82, 2.24) is 0 Å². The van der Waals surface area contributed by atoms with Gasteiger partial charge in [0.25, 0.3) is 0 Å². The van der Waals surface area contributed by atoms with Gasteiger partial charge in [-0.05, 0) is 25.2 Å². The first-order valence-corrected chi connectivity index (χ1v) is 7.83. The second-order valence-corrected chi connectivity index (χ2v) is 6.10. The van der Waals surface area contributed by atoms with Gasteiger partial charge in [-0.15, -0.1) is 0 Å². The van der Waals surface area contributed by atoms with Crippen molar-refractivity contribution in [3.63, 3.8) is 0 Å². The molecule has 1 rings (SSSR count). The number of carbonyl (C=O) groups is 2. The van der Waals surface area contributed by atoms with Gasteiger partial charge in [-0.3, -0.25) is 9.59 Å². The summed E-state index contributed by atoms with van der Waals surface area (Å²) in [5.41, 5.74) is -0.557. The zero-order valence-corrected chi connectivity index (χ0v) is 14.4. The molecule has 0 radical (unpaired) electrons. The molecular formula is C16H28O7. The minimum Gasteiger partial charge on any atom is -0.468 e. The van der Waals surface area contributed by atoms with Crippen molar-refractivity contribution in [3.05, 3.63) is 0 Å². The second kappa shape index (κ2) is 9.20. The summed E-state index contributed by atoms with van der Waals surface area (Å²) >= 11 is 0. The minimum atomic E-state index is -1.02. The summed E-state index contributed by atoms with van der Waals surface area (Å²) < 4.78 is 20.4. The quantitative estimate of drug-likeness (QED) is 0.405. The number of hydrogen-bond acceptors (Lipinski definition) is 7. The van der Waals surface area contributed by atoms with Gasteiger partial charge in [-0.2, -0.15) is 0 Å². The van der Waals surface area contributed by atoms with Crippen molar-refractivity contribution >= 4 is 11.9 Å². The van der Waals surface area contributed by atoms with E-state index in [1.807, 2.05) is 6.92 Å². The Bertz CT molecular complexity index is 382. The molecule has 1 aliphatic rings. The van der Waals surface area contributed by atoms with Crippen molar-refractivity contribution < 1.29 is 33.6 Å². The van der Waals surface area contributed by atoms with E-state index in [9.17, 15) is 14.7 Å². The van der Waals surface area contributed by atoms with Crippen LogP contribution in [0.4, 0.5) is 0 Å². The Morgan fingerprint density at radius 3 is 2.26 bits per heavy atom. The zero-order chi connectivity index (χ0) is 17.5. The summed E-state index contributed by atoms with van der Waals surface area (Å²) in [6.07, 6.45) is 2.45. The molecule has 0 unspecified atom stereocenters. The lowest BCUT2D eigenvalue weighted by Gasteiger charge is -2.48. The van der Waals surface area contributed by atoms with Gasteiger partial charge in [0.15, 0.2) is 5.92 Å². The van der Waals surface area contributed by atoms with E-state index < -0.39 is 23.3 Å². The van der Waals surface area contributed by atoms with Crippen LogP contribution in [0.25, 0.3) is 0 Å². The summed E-state index contributed by atoms with van der Waals surface area (Å²) in [5, 5.41) is 9.50. The molecule has 0 aromatic rings. The van der Waals surface area contributed by atoms with Crippen LogP contribution in [0.5, 0.6) is 0 Å². The molecule has 0 bridgehead atoms. The molecule has 1 N–H and O–H groups in total. The number of carbonyl (C=O) groups excluding carboxylic acids is 2. The molecule has 1 fully saturated rings. The summed E-state index contributed by atoms with van der Waals surface area (Å²) in [6.45, 7) is 2.00. The topological polar surface area (TPSA) is 91.3 Å². The van der Waals surface area contributed by atoms with Crippen LogP contribution >= 0.6 is 0 Å². The molecule has 0 aromatic carbocycles. The van der Waals surface area contributed by atoms with Crippen molar-refractivity contribution in [1.29, 1.82) is 0 Å². The molecule has 0 amide bonds. The van der Waals surface area contributed by atoms with E-state index in [-0.39, 0.29) is 25.4 Å². The SMILES string of the molecule is COCO[C@@H]1CCC[C@H](C(C(=O)OC)C(=O)OC)[C@@]1(C)CCO.